The number of rotatable bonds is 3. The Labute approximate surface area is 125 Å². The standard InChI is InChI=1S/C14H19ClN2O.ClH/c1-14(7-2-8-16-10-14)13(18)17-9-11-3-5-12(15)6-4-11;/h3-6,16H,2,7-10H2,1H3,(H,17,18);1H. The van der Waals surface area contributed by atoms with E-state index < -0.39 is 0 Å². The predicted molar refractivity (Wildman–Crippen MR) is 80.8 cm³/mol. The second-order valence-corrected chi connectivity index (χ2v) is 5.59. The summed E-state index contributed by atoms with van der Waals surface area (Å²) in [6.45, 7) is 4.36. The summed E-state index contributed by atoms with van der Waals surface area (Å²) >= 11 is 5.82. The molecule has 1 aliphatic rings. The fourth-order valence-corrected chi connectivity index (χ4v) is 2.37. The number of carbonyl (C=O) groups excluding carboxylic acids is 1. The van der Waals surface area contributed by atoms with Crippen LogP contribution in [0, 0.1) is 5.41 Å². The molecule has 0 aromatic heterocycles. The molecule has 1 unspecified atom stereocenters. The molecule has 5 heteroatoms. The fourth-order valence-electron chi connectivity index (χ4n) is 2.25. The van der Waals surface area contributed by atoms with Gasteiger partial charge in [-0.2, -0.15) is 0 Å². The average molecular weight is 303 g/mol. The number of hydrogen-bond donors (Lipinski definition) is 2. The van der Waals surface area contributed by atoms with Gasteiger partial charge in [0.05, 0.1) is 5.41 Å². The van der Waals surface area contributed by atoms with Gasteiger partial charge in [-0.25, -0.2) is 0 Å². The Kier molecular flexibility index (Phi) is 6.11. The van der Waals surface area contributed by atoms with Gasteiger partial charge in [-0.15, -0.1) is 12.4 Å². The number of benzene rings is 1. The first-order chi connectivity index (χ1) is 8.60. The van der Waals surface area contributed by atoms with Crippen molar-refractivity contribution < 1.29 is 4.79 Å². The van der Waals surface area contributed by atoms with Crippen molar-refractivity contribution >= 4 is 29.9 Å². The van der Waals surface area contributed by atoms with Crippen LogP contribution in [0.15, 0.2) is 24.3 Å². The number of carbonyl (C=O) groups is 1. The Morgan fingerprint density at radius 3 is 2.68 bits per heavy atom. The Hall–Kier alpha value is -0.770. The molecule has 106 valence electrons. The number of piperidine rings is 1. The summed E-state index contributed by atoms with van der Waals surface area (Å²) in [4.78, 5) is 12.2. The third-order valence-electron chi connectivity index (χ3n) is 3.51. The van der Waals surface area contributed by atoms with Crippen LogP contribution in [-0.2, 0) is 11.3 Å². The van der Waals surface area contributed by atoms with Gasteiger partial charge in [0, 0.05) is 18.1 Å². The van der Waals surface area contributed by atoms with Gasteiger partial charge in [0.2, 0.25) is 5.91 Å². The fraction of sp³-hybridized carbons (Fsp3) is 0.500. The summed E-state index contributed by atoms with van der Waals surface area (Å²) < 4.78 is 0. The second-order valence-electron chi connectivity index (χ2n) is 5.15. The minimum atomic E-state index is -0.273. The average Bonchev–Trinajstić information content (AvgIpc) is 2.38. The molecule has 1 aromatic rings. The van der Waals surface area contributed by atoms with Gasteiger partial charge >= 0.3 is 0 Å². The van der Waals surface area contributed by atoms with Gasteiger partial charge in [0.1, 0.15) is 0 Å². The number of halogens is 2. The van der Waals surface area contributed by atoms with Crippen molar-refractivity contribution in [1.82, 2.24) is 10.6 Å². The molecule has 0 radical (unpaired) electrons. The monoisotopic (exact) mass is 302 g/mol. The van der Waals surface area contributed by atoms with Crippen LogP contribution in [0.2, 0.25) is 5.02 Å². The summed E-state index contributed by atoms with van der Waals surface area (Å²) in [5.41, 5.74) is 0.796. The highest BCUT2D eigenvalue weighted by atomic mass is 35.5. The molecule has 2 N–H and O–H groups in total. The van der Waals surface area contributed by atoms with Crippen molar-refractivity contribution in [3.05, 3.63) is 34.9 Å². The lowest BCUT2D eigenvalue weighted by Gasteiger charge is -2.32. The van der Waals surface area contributed by atoms with E-state index in [0.717, 1.165) is 31.5 Å². The zero-order valence-electron chi connectivity index (χ0n) is 11.0. The molecule has 19 heavy (non-hydrogen) atoms. The number of amides is 1. The molecule has 1 fully saturated rings. The van der Waals surface area contributed by atoms with Gasteiger partial charge in [0.15, 0.2) is 0 Å². The lowest BCUT2D eigenvalue weighted by Crippen LogP contribution is -2.48. The van der Waals surface area contributed by atoms with E-state index in [4.69, 9.17) is 11.6 Å². The van der Waals surface area contributed by atoms with E-state index in [-0.39, 0.29) is 23.7 Å². The molecule has 1 atom stereocenters. The largest absolute Gasteiger partial charge is 0.352 e. The molecule has 1 saturated heterocycles. The molecule has 0 aliphatic carbocycles. The molecule has 1 aliphatic heterocycles. The van der Waals surface area contributed by atoms with Crippen molar-refractivity contribution in [1.29, 1.82) is 0 Å². The molecule has 1 heterocycles. The van der Waals surface area contributed by atoms with E-state index in [1.807, 2.05) is 31.2 Å². The molecule has 3 nitrogen and oxygen atoms in total. The molecule has 0 saturated carbocycles. The van der Waals surface area contributed by atoms with Gasteiger partial charge < -0.3 is 10.6 Å². The zero-order valence-corrected chi connectivity index (χ0v) is 12.6. The van der Waals surface area contributed by atoms with Gasteiger partial charge in [0.25, 0.3) is 0 Å². The van der Waals surface area contributed by atoms with E-state index >= 15 is 0 Å². The quantitative estimate of drug-likeness (QED) is 0.901. The Morgan fingerprint density at radius 1 is 1.42 bits per heavy atom. The van der Waals surface area contributed by atoms with Gasteiger partial charge in [-0.05, 0) is 44.0 Å². The van der Waals surface area contributed by atoms with Crippen LogP contribution in [0.3, 0.4) is 0 Å². The maximum Gasteiger partial charge on any atom is 0.227 e. The molecule has 1 aromatic carbocycles. The lowest BCUT2D eigenvalue weighted by atomic mass is 9.82. The number of nitrogens with one attached hydrogen (secondary N) is 2. The smallest absolute Gasteiger partial charge is 0.227 e. The topological polar surface area (TPSA) is 41.1 Å². The predicted octanol–water partition coefficient (Wildman–Crippen LogP) is 2.77. The minimum absolute atomic E-state index is 0. The number of hydrogen-bond acceptors (Lipinski definition) is 2. The van der Waals surface area contributed by atoms with Crippen molar-refractivity contribution in [2.75, 3.05) is 13.1 Å². The van der Waals surface area contributed by atoms with Crippen LogP contribution in [0.25, 0.3) is 0 Å². The van der Waals surface area contributed by atoms with Crippen molar-refractivity contribution in [3.63, 3.8) is 0 Å². The summed E-state index contributed by atoms with van der Waals surface area (Å²) in [6, 6.07) is 7.55. The van der Waals surface area contributed by atoms with E-state index in [0.29, 0.717) is 11.6 Å². The maximum atomic E-state index is 12.2. The first kappa shape index (κ1) is 16.3. The Balaban J connectivity index is 0.00000180. The van der Waals surface area contributed by atoms with Crippen LogP contribution in [0.1, 0.15) is 25.3 Å². The maximum absolute atomic E-state index is 12.2. The lowest BCUT2D eigenvalue weighted by molar-refractivity contribution is -0.131. The van der Waals surface area contributed by atoms with Crippen LogP contribution in [0.4, 0.5) is 0 Å². The highest BCUT2D eigenvalue weighted by Crippen LogP contribution is 2.25. The first-order valence-electron chi connectivity index (χ1n) is 6.34. The third kappa shape index (κ3) is 4.37. The Bertz CT molecular complexity index is 414. The minimum Gasteiger partial charge on any atom is -0.352 e. The van der Waals surface area contributed by atoms with Crippen molar-refractivity contribution in [2.24, 2.45) is 5.41 Å². The van der Waals surface area contributed by atoms with Gasteiger partial charge in [-0.3, -0.25) is 4.79 Å². The molecule has 2 rings (SSSR count). The normalized spacial score (nSPS) is 22.4. The van der Waals surface area contributed by atoms with Crippen LogP contribution >= 0.6 is 24.0 Å². The zero-order chi connectivity index (χ0) is 13.0. The highest BCUT2D eigenvalue weighted by molar-refractivity contribution is 6.30. The van der Waals surface area contributed by atoms with E-state index in [9.17, 15) is 4.79 Å². The second kappa shape index (κ2) is 7.13. The van der Waals surface area contributed by atoms with Crippen molar-refractivity contribution in [2.45, 2.75) is 26.3 Å². The van der Waals surface area contributed by atoms with E-state index in [1.54, 1.807) is 0 Å². The summed E-state index contributed by atoms with van der Waals surface area (Å²) in [6.07, 6.45) is 2.01. The van der Waals surface area contributed by atoms with Gasteiger partial charge in [-0.1, -0.05) is 23.7 Å². The molecule has 0 bridgehead atoms. The van der Waals surface area contributed by atoms with E-state index in [2.05, 4.69) is 10.6 Å². The first-order valence-corrected chi connectivity index (χ1v) is 6.71. The third-order valence-corrected chi connectivity index (χ3v) is 3.76. The summed E-state index contributed by atoms with van der Waals surface area (Å²) in [5.74, 6) is 0.129. The summed E-state index contributed by atoms with van der Waals surface area (Å²) in [7, 11) is 0. The molecular formula is C14H20Cl2N2O. The molecule has 1 amide bonds. The highest BCUT2D eigenvalue weighted by Gasteiger charge is 2.34. The van der Waals surface area contributed by atoms with Crippen LogP contribution in [-0.4, -0.2) is 19.0 Å². The molecular weight excluding hydrogens is 283 g/mol. The van der Waals surface area contributed by atoms with Crippen molar-refractivity contribution in [3.8, 4) is 0 Å². The summed E-state index contributed by atoms with van der Waals surface area (Å²) in [5, 5.41) is 7.01. The van der Waals surface area contributed by atoms with E-state index in [1.165, 1.54) is 0 Å². The molecule has 0 spiro atoms. The van der Waals surface area contributed by atoms with Crippen LogP contribution < -0.4 is 10.6 Å². The SMILES string of the molecule is CC1(C(=O)NCc2ccc(Cl)cc2)CCCNC1.Cl. The van der Waals surface area contributed by atoms with Crippen LogP contribution in [0.5, 0.6) is 0 Å². The Morgan fingerprint density at radius 2 is 2.11 bits per heavy atom.